The molecular weight excluding hydrogens is 392 g/mol. The molecule has 1 aliphatic heterocycles. The highest BCUT2D eigenvalue weighted by Gasteiger charge is 2.23. The maximum absolute atomic E-state index is 12.4. The highest BCUT2D eigenvalue weighted by molar-refractivity contribution is 7.89. The number of amides is 1. The summed E-state index contributed by atoms with van der Waals surface area (Å²) in [5, 5.41) is 6.16. The second kappa shape index (κ2) is 10.8. The van der Waals surface area contributed by atoms with Crippen molar-refractivity contribution >= 4 is 28.3 Å². The molecule has 0 unspecified atom stereocenters. The van der Waals surface area contributed by atoms with Gasteiger partial charge in [0.25, 0.3) is 5.91 Å². The lowest BCUT2D eigenvalue weighted by Gasteiger charge is -2.27. The number of methoxy groups -OCH3 is 1. The Morgan fingerprint density at radius 2 is 1.96 bits per heavy atom. The Morgan fingerprint density at radius 3 is 2.56 bits per heavy atom. The predicted octanol–water partition coefficient (Wildman–Crippen LogP) is 0.392. The average Bonchev–Trinajstić information content (AvgIpc) is 2.65. The molecule has 1 heterocycles. The van der Waals surface area contributed by atoms with Gasteiger partial charge in [0.1, 0.15) is 10.6 Å². The Bertz CT molecular complexity index is 722. The quantitative estimate of drug-likeness (QED) is 0.591. The molecule has 2 rings (SSSR count). The molecule has 0 aromatic heterocycles. The lowest BCUT2D eigenvalue weighted by molar-refractivity contribution is 0.0951. The minimum absolute atomic E-state index is 0. The van der Waals surface area contributed by atoms with Gasteiger partial charge in [0, 0.05) is 52.4 Å². The van der Waals surface area contributed by atoms with Crippen molar-refractivity contribution < 1.29 is 17.9 Å². The van der Waals surface area contributed by atoms with Gasteiger partial charge in [-0.3, -0.25) is 4.79 Å². The van der Waals surface area contributed by atoms with Crippen molar-refractivity contribution in [2.45, 2.75) is 11.3 Å². The molecule has 0 saturated carbocycles. The van der Waals surface area contributed by atoms with Crippen LogP contribution in [0.1, 0.15) is 16.8 Å². The lowest BCUT2D eigenvalue weighted by atomic mass is 10.2. The van der Waals surface area contributed by atoms with Crippen LogP contribution in [0.5, 0.6) is 5.75 Å². The van der Waals surface area contributed by atoms with Crippen LogP contribution in [0.25, 0.3) is 0 Å². The summed E-state index contributed by atoms with van der Waals surface area (Å²) in [5.41, 5.74) is 0.299. The third-order valence-electron chi connectivity index (χ3n) is 4.33. The number of piperazine rings is 1. The van der Waals surface area contributed by atoms with E-state index in [1.54, 1.807) is 6.07 Å². The fourth-order valence-electron chi connectivity index (χ4n) is 2.76. The molecule has 2 N–H and O–H groups in total. The van der Waals surface area contributed by atoms with E-state index in [4.69, 9.17) is 4.74 Å². The predicted molar refractivity (Wildman–Crippen MR) is 107 cm³/mol. The van der Waals surface area contributed by atoms with Crippen molar-refractivity contribution in [1.82, 2.24) is 19.8 Å². The topological polar surface area (TPSA) is 91.0 Å². The minimum Gasteiger partial charge on any atom is -0.495 e. The number of hydrogen-bond donors (Lipinski definition) is 2. The zero-order valence-corrected chi connectivity index (χ0v) is 17.7. The summed E-state index contributed by atoms with van der Waals surface area (Å²) in [5.74, 6) is -0.0721. The van der Waals surface area contributed by atoms with Gasteiger partial charge in [0.2, 0.25) is 10.0 Å². The number of ether oxygens (including phenoxy) is 1. The van der Waals surface area contributed by atoms with Crippen molar-refractivity contribution in [1.29, 1.82) is 0 Å². The van der Waals surface area contributed by atoms with Crippen molar-refractivity contribution in [2.75, 3.05) is 60.5 Å². The molecule has 1 saturated heterocycles. The van der Waals surface area contributed by atoms with Crippen LogP contribution in [-0.2, 0) is 10.0 Å². The van der Waals surface area contributed by atoms with E-state index >= 15 is 0 Å². The maximum atomic E-state index is 12.4. The van der Waals surface area contributed by atoms with Crippen molar-refractivity contribution in [3.05, 3.63) is 23.8 Å². The zero-order valence-electron chi connectivity index (χ0n) is 16.0. The fourth-order valence-corrected chi connectivity index (χ4v) is 3.83. The van der Waals surface area contributed by atoms with Gasteiger partial charge in [0.15, 0.2) is 0 Å². The monoisotopic (exact) mass is 420 g/mol. The molecule has 10 heteroatoms. The van der Waals surface area contributed by atoms with Crippen molar-refractivity contribution in [2.24, 2.45) is 0 Å². The van der Waals surface area contributed by atoms with Gasteiger partial charge in [-0.2, -0.15) is 0 Å². The molecule has 1 fully saturated rings. The Labute approximate surface area is 167 Å². The molecule has 0 bridgehead atoms. The molecule has 1 aliphatic rings. The summed E-state index contributed by atoms with van der Waals surface area (Å²) in [6, 6.07) is 4.44. The Morgan fingerprint density at radius 1 is 1.30 bits per heavy atom. The Kier molecular flexibility index (Phi) is 9.48. The zero-order chi connectivity index (χ0) is 19.2. The van der Waals surface area contributed by atoms with E-state index in [1.807, 2.05) is 0 Å². The molecule has 0 spiro atoms. The van der Waals surface area contributed by atoms with Gasteiger partial charge in [0.05, 0.1) is 7.11 Å². The second-order valence-corrected chi connectivity index (χ2v) is 8.47. The van der Waals surface area contributed by atoms with Crippen LogP contribution in [0, 0.1) is 0 Å². The molecule has 1 amide bonds. The van der Waals surface area contributed by atoms with E-state index in [0.717, 1.165) is 43.4 Å². The van der Waals surface area contributed by atoms with Gasteiger partial charge < -0.3 is 20.3 Å². The summed E-state index contributed by atoms with van der Waals surface area (Å²) in [6.45, 7) is 5.54. The van der Waals surface area contributed by atoms with Gasteiger partial charge in [-0.15, -0.1) is 12.4 Å². The van der Waals surface area contributed by atoms with Crippen molar-refractivity contribution in [3.63, 3.8) is 0 Å². The number of carbonyl (C=O) groups is 1. The van der Waals surface area contributed by atoms with E-state index in [2.05, 4.69) is 15.5 Å². The molecule has 154 valence electrons. The number of sulfonamides is 1. The highest BCUT2D eigenvalue weighted by Crippen LogP contribution is 2.26. The molecule has 0 aliphatic carbocycles. The van der Waals surface area contributed by atoms with Crippen LogP contribution in [0.15, 0.2) is 23.1 Å². The third kappa shape index (κ3) is 6.32. The van der Waals surface area contributed by atoms with E-state index in [-0.39, 0.29) is 29.0 Å². The number of halogens is 1. The first-order chi connectivity index (χ1) is 12.4. The largest absolute Gasteiger partial charge is 0.495 e. The van der Waals surface area contributed by atoms with Gasteiger partial charge in [-0.1, -0.05) is 0 Å². The summed E-state index contributed by atoms with van der Waals surface area (Å²) < 4.78 is 31.1. The van der Waals surface area contributed by atoms with Crippen LogP contribution in [-0.4, -0.2) is 84.0 Å². The number of nitrogens with zero attached hydrogens (tertiary/aromatic N) is 2. The van der Waals surface area contributed by atoms with Crippen molar-refractivity contribution in [3.8, 4) is 5.75 Å². The second-order valence-electron chi connectivity index (χ2n) is 6.35. The smallest absolute Gasteiger partial charge is 0.251 e. The molecule has 1 aromatic carbocycles. The summed E-state index contributed by atoms with van der Waals surface area (Å²) in [6.07, 6.45) is 0.852. The first-order valence-electron chi connectivity index (χ1n) is 8.68. The lowest BCUT2D eigenvalue weighted by Crippen LogP contribution is -2.44. The minimum atomic E-state index is -3.70. The summed E-state index contributed by atoms with van der Waals surface area (Å²) >= 11 is 0. The Hall–Kier alpha value is -1.39. The number of nitrogens with one attached hydrogen (secondary N) is 2. The highest BCUT2D eigenvalue weighted by atomic mass is 35.5. The molecule has 1 aromatic rings. The van der Waals surface area contributed by atoms with Crippen LogP contribution in [0.3, 0.4) is 0 Å². The third-order valence-corrected chi connectivity index (χ3v) is 6.17. The first-order valence-corrected chi connectivity index (χ1v) is 10.1. The standard InChI is InChI=1S/C17H28N4O4S.ClH/c1-20(2)26(23,24)16-13-14(5-6-15(16)25-3)17(22)19-7-4-10-21-11-8-18-9-12-21;/h5-6,13,18H,4,7-12H2,1-3H3,(H,19,22);1H. The van der Waals surface area contributed by atoms with Gasteiger partial charge in [-0.25, -0.2) is 12.7 Å². The molecule has 0 atom stereocenters. The van der Waals surface area contributed by atoms with Gasteiger partial charge >= 0.3 is 0 Å². The number of benzene rings is 1. The van der Waals surface area contributed by atoms with Gasteiger partial charge in [-0.05, 0) is 31.2 Å². The SMILES string of the molecule is COc1ccc(C(=O)NCCCN2CCNCC2)cc1S(=O)(=O)N(C)C.Cl. The average molecular weight is 421 g/mol. The number of carbonyl (C=O) groups excluding carboxylic acids is 1. The normalized spacial score (nSPS) is 15.3. The number of rotatable bonds is 8. The molecule has 27 heavy (non-hydrogen) atoms. The molecule has 8 nitrogen and oxygen atoms in total. The molecular formula is C17H29ClN4O4S. The van der Waals surface area contributed by atoms with Crippen LogP contribution in [0.2, 0.25) is 0 Å². The van der Waals surface area contributed by atoms with E-state index in [0.29, 0.717) is 12.1 Å². The van der Waals surface area contributed by atoms with E-state index in [9.17, 15) is 13.2 Å². The summed E-state index contributed by atoms with van der Waals surface area (Å²) in [7, 11) is 0.587. The van der Waals surface area contributed by atoms with Crippen LogP contribution in [0.4, 0.5) is 0 Å². The first kappa shape index (κ1) is 23.6. The maximum Gasteiger partial charge on any atom is 0.251 e. The Balaban J connectivity index is 0.00000364. The molecule has 0 radical (unpaired) electrons. The van der Waals surface area contributed by atoms with Crippen LogP contribution >= 0.6 is 12.4 Å². The number of hydrogen-bond acceptors (Lipinski definition) is 6. The fraction of sp³-hybridized carbons (Fsp3) is 0.588. The van der Waals surface area contributed by atoms with E-state index < -0.39 is 10.0 Å². The van der Waals surface area contributed by atoms with E-state index in [1.165, 1.54) is 33.3 Å². The summed E-state index contributed by atoms with van der Waals surface area (Å²) in [4.78, 5) is 14.7. The van der Waals surface area contributed by atoms with Crippen LogP contribution < -0.4 is 15.4 Å².